The van der Waals surface area contributed by atoms with Gasteiger partial charge in [0.2, 0.25) is 15.9 Å². The molecule has 124 valence electrons. The first-order valence-electron chi connectivity index (χ1n) is 7.13. The fourth-order valence-corrected chi connectivity index (χ4v) is 3.59. The lowest BCUT2D eigenvalue weighted by Crippen LogP contribution is -2.43. The fraction of sp³-hybridized carbons (Fsp3) is 0.429. The van der Waals surface area contributed by atoms with Crippen molar-refractivity contribution in [1.29, 1.82) is 0 Å². The number of benzene rings is 1. The van der Waals surface area contributed by atoms with Crippen molar-refractivity contribution in [2.24, 2.45) is 0 Å². The summed E-state index contributed by atoms with van der Waals surface area (Å²) in [6.07, 6.45) is 1.27. The van der Waals surface area contributed by atoms with E-state index >= 15 is 0 Å². The van der Waals surface area contributed by atoms with E-state index in [1.165, 1.54) is 10.6 Å². The number of fused-ring (bicyclic) bond motifs is 1. The second-order valence-electron chi connectivity index (χ2n) is 5.59. The Kier molecular flexibility index (Phi) is 3.88. The maximum atomic E-state index is 12.0. The average Bonchev–Trinajstić information content (AvgIpc) is 2.92. The van der Waals surface area contributed by atoms with Gasteiger partial charge < -0.3 is 9.15 Å². The molecule has 8 nitrogen and oxygen atoms in total. The summed E-state index contributed by atoms with van der Waals surface area (Å²) in [6.45, 7) is 2.04. The minimum Gasteiger partial charge on any atom is -0.486 e. The SMILES string of the molecule is C[C@@H](C[C@H]1CN(S(C)(=O)=O)c2ccccc2O1)c1n[nH]c(=O)o1. The molecule has 2 heterocycles. The van der Waals surface area contributed by atoms with E-state index in [0.717, 1.165) is 0 Å². The van der Waals surface area contributed by atoms with E-state index in [1.54, 1.807) is 24.3 Å². The quantitative estimate of drug-likeness (QED) is 0.893. The zero-order valence-corrected chi connectivity index (χ0v) is 13.5. The van der Waals surface area contributed by atoms with Crippen LogP contribution in [0, 0.1) is 0 Å². The van der Waals surface area contributed by atoms with Gasteiger partial charge in [-0.3, -0.25) is 4.31 Å². The lowest BCUT2D eigenvalue weighted by atomic mass is 10.0. The van der Waals surface area contributed by atoms with Crippen molar-refractivity contribution >= 4 is 15.7 Å². The number of nitrogens with one attached hydrogen (secondary N) is 1. The molecule has 2 aromatic rings. The van der Waals surface area contributed by atoms with Crippen LogP contribution in [-0.2, 0) is 10.0 Å². The van der Waals surface area contributed by atoms with E-state index in [-0.39, 0.29) is 24.5 Å². The molecule has 3 rings (SSSR count). The van der Waals surface area contributed by atoms with Crippen LogP contribution in [0.15, 0.2) is 33.5 Å². The van der Waals surface area contributed by atoms with Crippen LogP contribution < -0.4 is 14.8 Å². The van der Waals surface area contributed by atoms with Crippen molar-refractivity contribution in [3.63, 3.8) is 0 Å². The predicted molar refractivity (Wildman–Crippen MR) is 83.2 cm³/mol. The first-order valence-corrected chi connectivity index (χ1v) is 8.98. The Morgan fingerprint density at radius 3 is 2.83 bits per heavy atom. The van der Waals surface area contributed by atoms with Crippen LogP contribution in [0.1, 0.15) is 25.2 Å². The van der Waals surface area contributed by atoms with Gasteiger partial charge in [-0.25, -0.2) is 18.3 Å². The van der Waals surface area contributed by atoms with Gasteiger partial charge >= 0.3 is 5.76 Å². The zero-order valence-electron chi connectivity index (χ0n) is 12.7. The molecule has 0 aliphatic carbocycles. The number of hydrogen-bond donors (Lipinski definition) is 1. The van der Waals surface area contributed by atoms with E-state index in [4.69, 9.17) is 9.15 Å². The second-order valence-corrected chi connectivity index (χ2v) is 7.50. The molecule has 1 N–H and O–H groups in total. The number of sulfonamides is 1. The number of nitrogens with zero attached hydrogens (tertiary/aromatic N) is 2. The molecule has 0 unspecified atom stereocenters. The van der Waals surface area contributed by atoms with Crippen LogP contribution in [0.5, 0.6) is 5.75 Å². The summed E-state index contributed by atoms with van der Waals surface area (Å²) in [7, 11) is -3.41. The molecule has 0 radical (unpaired) electrons. The number of rotatable bonds is 4. The number of aromatic amines is 1. The molecule has 2 atom stereocenters. The monoisotopic (exact) mass is 339 g/mol. The lowest BCUT2D eigenvalue weighted by molar-refractivity contribution is 0.177. The number of H-pyrrole nitrogens is 1. The summed E-state index contributed by atoms with van der Waals surface area (Å²) < 4.78 is 36.3. The molecule has 0 fully saturated rings. The first kappa shape index (κ1) is 15.6. The molecule has 9 heteroatoms. The van der Waals surface area contributed by atoms with Gasteiger partial charge in [-0.1, -0.05) is 19.1 Å². The minimum absolute atomic E-state index is 0.189. The van der Waals surface area contributed by atoms with Crippen LogP contribution >= 0.6 is 0 Å². The number of anilines is 1. The molecule has 0 saturated heterocycles. The predicted octanol–water partition coefficient (Wildman–Crippen LogP) is 1.08. The molecular formula is C14H17N3O5S. The molecule has 0 spiro atoms. The highest BCUT2D eigenvalue weighted by atomic mass is 32.2. The Hall–Kier alpha value is -2.29. The average molecular weight is 339 g/mol. The maximum absolute atomic E-state index is 12.0. The third kappa shape index (κ3) is 3.24. The summed E-state index contributed by atoms with van der Waals surface area (Å²) in [5.41, 5.74) is 0.533. The number of hydrogen-bond acceptors (Lipinski definition) is 6. The molecule has 23 heavy (non-hydrogen) atoms. The molecule has 1 aliphatic heterocycles. The molecule has 1 aliphatic rings. The van der Waals surface area contributed by atoms with Gasteiger partial charge in [0.05, 0.1) is 18.5 Å². The Morgan fingerprint density at radius 2 is 2.17 bits per heavy atom. The second kappa shape index (κ2) is 5.73. The molecule has 0 bridgehead atoms. The van der Waals surface area contributed by atoms with Gasteiger partial charge in [0, 0.05) is 5.92 Å². The van der Waals surface area contributed by atoms with Gasteiger partial charge in [-0.2, -0.15) is 0 Å². The van der Waals surface area contributed by atoms with Crippen molar-refractivity contribution in [3.8, 4) is 5.75 Å². The lowest BCUT2D eigenvalue weighted by Gasteiger charge is -2.35. The molecule has 1 aromatic carbocycles. The van der Waals surface area contributed by atoms with Gasteiger partial charge in [0.25, 0.3) is 0 Å². The molecule has 0 saturated carbocycles. The van der Waals surface area contributed by atoms with Crippen LogP contribution in [0.4, 0.5) is 5.69 Å². The number of para-hydroxylation sites is 2. The Balaban J connectivity index is 1.84. The van der Waals surface area contributed by atoms with Gasteiger partial charge in [-0.15, -0.1) is 5.10 Å². The Morgan fingerprint density at radius 1 is 1.43 bits per heavy atom. The van der Waals surface area contributed by atoms with Crippen molar-refractivity contribution in [2.45, 2.75) is 25.4 Å². The highest BCUT2D eigenvalue weighted by Crippen LogP contribution is 2.36. The Labute approximate surface area is 133 Å². The summed E-state index contributed by atoms with van der Waals surface area (Å²) >= 11 is 0. The van der Waals surface area contributed by atoms with Crippen molar-refractivity contribution in [3.05, 3.63) is 40.7 Å². The van der Waals surface area contributed by atoms with E-state index in [0.29, 0.717) is 17.9 Å². The molecule has 0 amide bonds. The summed E-state index contributed by atoms with van der Waals surface area (Å²) in [4.78, 5) is 11.0. The largest absolute Gasteiger partial charge is 0.486 e. The van der Waals surface area contributed by atoms with E-state index < -0.39 is 15.8 Å². The van der Waals surface area contributed by atoms with E-state index in [1.807, 2.05) is 6.92 Å². The van der Waals surface area contributed by atoms with Crippen LogP contribution in [0.2, 0.25) is 0 Å². The zero-order chi connectivity index (χ0) is 16.6. The Bertz CT molecular complexity index is 857. The standard InChI is InChI=1S/C14H17N3O5S/c1-9(13-15-16-14(18)22-13)7-10-8-17(23(2,19)20)11-5-3-4-6-12(11)21-10/h3-6,9-10H,7-8H2,1-2H3,(H,16,18)/t9-,10-/m0/s1. The summed E-state index contributed by atoms with van der Waals surface area (Å²) in [5, 5.41) is 6.02. The molecule has 1 aromatic heterocycles. The van der Waals surface area contributed by atoms with Crippen LogP contribution in [0.25, 0.3) is 0 Å². The maximum Gasteiger partial charge on any atom is 0.434 e. The van der Waals surface area contributed by atoms with Gasteiger partial charge in [-0.05, 0) is 18.6 Å². The minimum atomic E-state index is -3.41. The fourth-order valence-electron chi connectivity index (χ4n) is 2.65. The van der Waals surface area contributed by atoms with Crippen molar-refractivity contribution in [2.75, 3.05) is 17.1 Å². The highest BCUT2D eigenvalue weighted by molar-refractivity contribution is 7.92. The van der Waals surface area contributed by atoms with E-state index in [2.05, 4.69) is 10.2 Å². The first-order chi connectivity index (χ1) is 10.8. The van der Waals surface area contributed by atoms with Gasteiger partial charge in [0.1, 0.15) is 11.9 Å². The summed E-state index contributed by atoms with van der Waals surface area (Å²) in [6, 6.07) is 7.00. The smallest absolute Gasteiger partial charge is 0.434 e. The topological polar surface area (TPSA) is 105 Å². The van der Waals surface area contributed by atoms with Crippen molar-refractivity contribution in [1.82, 2.24) is 10.2 Å². The number of aromatic nitrogens is 2. The summed E-state index contributed by atoms with van der Waals surface area (Å²) in [5.74, 6) is -0.00152. The van der Waals surface area contributed by atoms with Crippen molar-refractivity contribution < 1.29 is 17.6 Å². The van der Waals surface area contributed by atoms with Gasteiger partial charge in [0.15, 0.2) is 0 Å². The number of ether oxygens (including phenoxy) is 1. The van der Waals surface area contributed by atoms with Crippen LogP contribution in [0.3, 0.4) is 0 Å². The molecular weight excluding hydrogens is 322 g/mol. The third-order valence-electron chi connectivity index (χ3n) is 3.69. The van der Waals surface area contributed by atoms with E-state index in [9.17, 15) is 13.2 Å². The highest BCUT2D eigenvalue weighted by Gasteiger charge is 2.32. The third-order valence-corrected chi connectivity index (χ3v) is 4.84. The van der Waals surface area contributed by atoms with Crippen LogP contribution in [-0.4, -0.2) is 37.5 Å². The normalized spacial score (nSPS) is 19.0.